The number of H-pyrrole nitrogens is 1. The fourth-order valence-electron chi connectivity index (χ4n) is 6.41. The predicted octanol–water partition coefficient (Wildman–Crippen LogP) is 6.45. The topological polar surface area (TPSA) is 86.9 Å². The van der Waals surface area contributed by atoms with Gasteiger partial charge in [-0.2, -0.15) is 0 Å². The maximum atomic E-state index is 12.8. The first kappa shape index (κ1) is 23.3. The third-order valence-corrected chi connectivity index (χ3v) is 8.78. The molecule has 6 rings (SSSR count). The average molecular weight is 485 g/mol. The highest BCUT2D eigenvalue weighted by molar-refractivity contribution is 5.96. The fourth-order valence-corrected chi connectivity index (χ4v) is 6.41. The summed E-state index contributed by atoms with van der Waals surface area (Å²) < 4.78 is 0. The van der Waals surface area contributed by atoms with E-state index in [2.05, 4.69) is 15.6 Å². The van der Waals surface area contributed by atoms with Crippen LogP contribution in [0.3, 0.4) is 0 Å². The molecule has 3 atom stereocenters. The van der Waals surface area contributed by atoms with Crippen LogP contribution in [0.4, 0.5) is 5.69 Å². The van der Waals surface area contributed by atoms with Crippen LogP contribution in [0.15, 0.2) is 42.5 Å². The van der Waals surface area contributed by atoms with Gasteiger partial charge in [0.15, 0.2) is 0 Å². The molecule has 3 aliphatic carbocycles. The van der Waals surface area contributed by atoms with E-state index in [4.69, 9.17) is 4.98 Å². The number of hydrogen-bond acceptors (Lipinski definition) is 3. The van der Waals surface area contributed by atoms with E-state index in [0.29, 0.717) is 11.6 Å². The van der Waals surface area contributed by atoms with Crippen LogP contribution in [0.1, 0.15) is 81.0 Å². The predicted molar refractivity (Wildman–Crippen MR) is 143 cm³/mol. The molecule has 3 N–H and O–H groups in total. The van der Waals surface area contributed by atoms with Crippen LogP contribution in [-0.4, -0.2) is 27.8 Å². The summed E-state index contributed by atoms with van der Waals surface area (Å²) in [5, 5.41) is 6.36. The molecule has 3 saturated carbocycles. The number of benzene rings is 2. The number of carbonyl (C=O) groups excluding carboxylic acids is 2. The number of aromatic amines is 1. The van der Waals surface area contributed by atoms with Crippen LogP contribution in [0, 0.1) is 17.8 Å². The first-order valence-electron chi connectivity index (χ1n) is 13.8. The Bertz CT molecular complexity index is 1240. The number of nitrogens with zero attached hydrogens (tertiary/aromatic N) is 1. The van der Waals surface area contributed by atoms with Crippen molar-refractivity contribution in [1.82, 2.24) is 15.3 Å². The van der Waals surface area contributed by atoms with Gasteiger partial charge in [-0.25, -0.2) is 4.98 Å². The highest BCUT2D eigenvalue weighted by Crippen LogP contribution is 2.44. The number of aromatic nitrogens is 2. The Hall–Kier alpha value is -3.15. The molecule has 0 bridgehead atoms. The van der Waals surface area contributed by atoms with Crippen LogP contribution >= 0.6 is 0 Å². The Morgan fingerprint density at radius 2 is 1.58 bits per heavy atom. The van der Waals surface area contributed by atoms with Gasteiger partial charge < -0.3 is 15.6 Å². The SMILES string of the molecule is O=C(NC1CCC2CCC2C1)c1ccc(-c2nc3cc(NC(=O)C4CCCCCC4)ccc3[nH]2)cc1. The molecule has 3 aromatic rings. The van der Waals surface area contributed by atoms with E-state index >= 15 is 0 Å². The molecule has 36 heavy (non-hydrogen) atoms. The molecule has 0 spiro atoms. The first-order valence-corrected chi connectivity index (χ1v) is 13.8. The lowest BCUT2D eigenvalue weighted by Crippen LogP contribution is -2.43. The van der Waals surface area contributed by atoms with Gasteiger partial charge in [0.05, 0.1) is 11.0 Å². The van der Waals surface area contributed by atoms with Crippen molar-refractivity contribution in [1.29, 1.82) is 0 Å². The molecule has 6 nitrogen and oxygen atoms in total. The maximum absolute atomic E-state index is 12.8. The zero-order valence-electron chi connectivity index (χ0n) is 20.9. The number of amides is 2. The molecule has 2 aromatic carbocycles. The zero-order chi connectivity index (χ0) is 24.5. The van der Waals surface area contributed by atoms with Gasteiger partial charge in [0.25, 0.3) is 5.91 Å². The monoisotopic (exact) mass is 484 g/mol. The minimum Gasteiger partial charge on any atom is -0.349 e. The third-order valence-electron chi connectivity index (χ3n) is 8.78. The van der Waals surface area contributed by atoms with Gasteiger partial charge in [0.2, 0.25) is 5.91 Å². The van der Waals surface area contributed by atoms with Crippen molar-refractivity contribution < 1.29 is 9.59 Å². The third kappa shape index (κ3) is 4.91. The summed E-state index contributed by atoms with van der Waals surface area (Å²) in [6.07, 6.45) is 12.9. The Labute approximate surface area is 212 Å². The molecule has 188 valence electrons. The largest absolute Gasteiger partial charge is 0.349 e. The summed E-state index contributed by atoms with van der Waals surface area (Å²) >= 11 is 0. The molecule has 3 fully saturated rings. The molecule has 0 radical (unpaired) electrons. The molecular weight excluding hydrogens is 448 g/mol. The van der Waals surface area contributed by atoms with Crippen LogP contribution in [-0.2, 0) is 4.79 Å². The lowest BCUT2D eigenvalue weighted by molar-refractivity contribution is -0.120. The van der Waals surface area contributed by atoms with Gasteiger partial charge in [-0.15, -0.1) is 0 Å². The molecule has 3 unspecified atom stereocenters. The Morgan fingerprint density at radius 3 is 2.31 bits per heavy atom. The summed E-state index contributed by atoms with van der Waals surface area (Å²) in [4.78, 5) is 33.7. The number of carbonyl (C=O) groups is 2. The number of anilines is 1. The van der Waals surface area contributed by atoms with Crippen LogP contribution in [0.2, 0.25) is 0 Å². The summed E-state index contributed by atoms with van der Waals surface area (Å²) in [7, 11) is 0. The average Bonchev–Trinajstić information content (AvgIpc) is 3.10. The van der Waals surface area contributed by atoms with Gasteiger partial charge >= 0.3 is 0 Å². The number of imidazole rings is 1. The number of fused-ring (bicyclic) bond motifs is 2. The Balaban J connectivity index is 1.10. The Morgan fingerprint density at radius 1 is 0.833 bits per heavy atom. The molecule has 1 heterocycles. The second kappa shape index (κ2) is 10.1. The highest BCUT2D eigenvalue weighted by Gasteiger charge is 2.37. The van der Waals surface area contributed by atoms with Gasteiger partial charge in [0.1, 0.15) is 5.82 Å². The zero-order valence-corrected chi connectivity index (χ0v) is 20.9. The van der Waals surface area contributed by atoms with E-state index in [0.717, 1.165) is 78.5 Å². The van der Waals surface area contributed by atoms with Crippen LogP contribution in [0.5, 0.6) is 0 Å². The minimum atomic E-state index is 0.0166. The van der Waals surface area contributed by atoms with Crippen molar-refractivity contribution in [3.8, 4) is 11.4 Å². The lowest BCUT2D eigenvalue weighted by Gasteiger charge is -2.44. The number of hydrogen-bond donors (Lipinski definition) is 3. The van der Waals surface area contributed by atoms with Crippen molar-refractivity contribution in [2.24, 2.45) is 17.8 Å². The van der Waals surface area contributed by atoms with Gasteiger partial charge in [0, 0.05) is 28.8 Å². The highest BCUT2D eigenvalue weighted by atomic mass is 16.2. The first-order chi connectivity index (χ1) is 17.6. The summed E-state index contributed by atoms with van der Waals surface area (Å²) in [5.74, 6) is 2.75. The van der Waals surface area contributed by atoms with Crippen molar-refractivity contribution in [3.05, 3.63) is 48.0 Å². The standard InChI is InChI=1S/C30H36N4O2/c35-29(21-5-3-1-2-4-6-21)32-25-15-16-26-27(18-25)34-28(33-26)20-8-10-22(11-9-20)30(36)31-24-14-13-19-7-12-23(19)17-24/h8-11,15-16,18-19,21,23-24H,1-7,12-14,17H2,(H,31,36)(H,32,35)(H,33,34). The second-order valence-electron chi connectivity index (χ2n) is 11.2. The normalized spacial score (nSPS) is 24.4. The van der Waals surface area contributed by atoms with Crippen molar-refractivity contribution in [2.45, 2.75) is 76.7 Å². The lowest BCUT2D eigenvalue weighted by atomic mass is 9.64. The quantitative estimate of drug-likeness (QED) is 0.364. The fraction of sp³-hybridized carbons (Fsp3) is 0.500. The Kier molecular flexibility index (Phi) is 6.51. The number of rotatable bonds is 5. The van der Waals surface area contributed by atoms with E-state index in [1.807, 2.05) is 42.5 Å². The molecular formula is C30H36N4O2. The van der Waals surface area contributed by atoms with Gasteiger partial charge in [-0.1, -0.05) is 37.8 Å². The smallest absolute Gasteiger partial charge is 0.251 e. The van der Waals surface area contributed by atoms with Crippen LogP contribution in [0.25, 0.3) is 22.4 Å². The molecule has 0 saturated heterocycles. The molecule has 3 aliphatic rings. The van der Waals surface area contributed by atoms with E-state index in [-0.39, 0.29) is 17.7 Å². The molecule has 6 heteroatoms. The molecule has 1 aromatic heterocycles. The van der Waals surface area contributed by atoms with E-state index < -0.39 is 0 Å². The summed E-state index contributed by atoms with van der Waals surface area (Å²) in [5.41, 5.74) is 4.15. The number of nitrogens with one attached hydrogen (secondary N) is 3. The van der Waals surface area contributed by atoms with Gasteiger partial charge in [-0.3, -0.25) is 9.59 Å². The van der Waals surface area contributed by atoms with E-state index in [1.54, 1.807) is 0 Å². The summed E-state index contributed by atoms with van der Waals surface area (Å²) in [6, 6.07) is 13.8. The maximum Gasteiger partial charge on any atom is 0.251 e. The summed E-state index contributed by atoms with van der Waals surface area (Å²) in [6.45, 7) is 0. The second-order valence-corrected chi connectivity index (χ2v) is 11.2. The van der Waals surface area contributed by atoms with Crippen LogP contribution < -0.4 is 10.6 Å². The van der Waals surface area contributed by atoms with Gasteiger partial charge in [-0.05, 0) is 87.1 Å². The molecule has 0 aliphatic heterocycles. The van der Waals surface area contributed by atoms with E-state index in [9.17, 15) is 9.59 Å². The van der Waals surface area contributed by atoms with Crippen molar-refractivity contribution in [3.63, 3.8) is 0 Å². The van der Waals surface area contributed by atoms with E-state index in [1.165, 1.54) is 32.1 Å². The molecule has 2 amide bonds. The van der Waals surface area contributed by atoms with Crippen molar-refractivity contribution in [2.75, 3.05) is 5.32 Å². The minimum absolute atomic E-state index is 0.0166. The van der Waals surface area contributed by atoms with Crippen molar-refractivity contribution >= 4 is 28.5 Å².